The molecule has 3 rings (SSSR count). The summed E-state index contributed by atoms with van der Waals surface area (Å²) in [7, 11) is 0. The van der Waals surface area contributed by atoms with Crippen LogP contribution in [0.25, 0.3) is 0 Å². The fourth-order valence-electron chi connectivity index (χ4n) is 3.53. The van der Waals surface area contributed by atoms with Crippen molar-refractivity contribution < 1.29 is 9.32 Å². The van der Waals surface area contributed by atoms with E-state index in [2.05, 4.69) is 27.3 Å². The van der Waals surface area contributed by atoms with Crippen molar-refractivity contribution in [3.63, 3.8) is 0 Å². The van der Waals surface area contributed by atoms with Crippen molar-refractivity contribution in [1.82, 2.24) is 20.4 Å². The van der Waals surface area contributed by atoms with Gasteiger partial charge in [0.1, 0.15) is 10.8 Å². The van der Waals surface area contributed by atoms with Gasteiger partial charge in [0.15, 0.2) is 0 Å². The molecule has 0 spiro atoms. The van der Waals surface area contributed by atoms with Crippen LogP contribution in [0, 0.1) is 6.92 Å². The number of rotatable bonds is 9. The second kappa shape index (κ2) is 10.6. The highest BCUT2D eigenvalue weighted by molar-refractivity contribution is 7.98. The van der Waals surface area contributed by atoms with Crippen LogP contribution in [0.1, 0.15) is 60.8 Å². The zero-order valence-electron chi connectivity index (χ0n) is 16.8. The first kappa shape index (κ1) is 20.9. The summed E-state index contributed by atoms with van der Waals surface area (Å²) in [5, 5.41) is 7.76. The van der Waals surface area contributed by atoms with Crippen molar-refractivity contribution in [2.75, 3.05) is 19.6 Å². The standard InChI is InChI=1S/C21H30N4O2S/c1-16-8-3-5-12-25(16)13-6-4-10-22-20(26)19-9-7-11-23-21(19)28-15-18-14-17(2)27-24-18/h7,9,11,14,16H,3-6,8,10,12-13,15H2,1-2H3,(H,22,26)/t16-/m1/s1. The highest BCUT2D eigenvalue weighted by atomic mass is 32.2. The van der Waals surface area contributed by atoms with E-state index in [-0.39, 0.29) is 5.91 Å². The Kier molecular flexibility index (Phi) is 7.91. The lowest BCUT2D eigenvalue weighted by Gasteiger charge is -2.33. The lowest BCUT2D eigenvalue weighted by molar-refractivity contribution is 0.0948. The van der Waals surface area contributed by atoms with Crippen LogP contribution in [0.4, 0.5) is 0 Å². The van der Waals surface area contributed by atoms with Crippen molar-refractivity contribution in [2.45, 2.75) is 62.8 Å². The van der Waals surface area contributed by atoms with E-state index in [0.717, 1.165) is 35.9 Å². The molecule has 1 atom stereocenters. The topological polar surface area (TPSA) is 71.3 Å². The number of nitrogens with one attached hydrogen (secondary N) is 1. The summed E-state index contributed by atoms with van der Waals surface area (Å²) in [6, 6.07) is 6.23. The summed E-state index contributed by atoms with van der Waals surface area (Å²) in [6.45, 7) is 7.23. The highest BCUT2D eigenvalue weighted by Gasteiger charge is 2.17. The summed E-state index contributed by atoms with van der Waals surface area (Å²) in [4.78, 5) is 19.5. The lowest BCUT2D eigenvalue weighted by atomic mass is 10.0. The molecule has 0 saturated carbocycles. The molecule has 1 fully saturated rings. The maximum Gasteiger partial charge on any atom is 0.254 e. The van der Waals surface area contributed by atoms with Gasteiger partial charge >= 0.3 is 0 Å². The molecule has 6 nitrogen and oxygen atoms in total. The Balaban J connectivity index is 1.42. The van der Waals surface area contributed by atoms with Gasteiger partial charge in [0.05, 0.1) is 11.3 Å². The molecule has 2 aromatic rings. The van der Waals surface area contributed by atoms with E-state index in [1.807, 2.05) is 19.1 Å². The van der Waals surface area contributed by atoms with Gasteiger partial charge in [-0.15, -0.1) is 0 Å². The first-order valence-electron chi connectivity index (χ1n) is 10.2. The predicted molar refractivity (Wildman–Crippen MR) is 111 cm³/mol. The van der Waals surface area contributed by atoms with Crippen molar-refractivity contribution in [3.8, 4) is 0 Å². The summed E-state index contributed by atoms with van der Waals surface area (Å²) < 4.78 is 5.09. The fourth-order valence-corrected chi connectivity index (χ4v) is 4.41. The van der Waals surface area contributed by atoms with E-state index in [4.69, 9.17) is 4.52 Å². The molecule has 1 amide bonds. The Morgan fingerprint density at radius 2 is 2.29 bits per heavy atom. The lowest BCUT2D eigenvalue weighted by Crippen LogP contribution is -2.38. The van der Waals surface area contributed by atoms with Crippen LogP contribution >= 0.6 is 11.8 Å². The number of piperidine rings is 1. The van der Waals surface area contributed by atoms with Crippen molar-refractivity contribution in [1.29, 1.82) is 0 Å². The van der Waals surface area contributed by atoms with Gasteiger partial charge in [-0.1, -0.05) is 23.3 Å². The van der Waals surface area contributed by atoms with Crippen molar-refractivity contribution in [3.05, 3.63) is 41.4 Å². The first-order chi connectivity index (χ1) is 13.6. The number of nitrogens with zero attached hydrogens (tertiary/aromatic N) is 3. The van der Waals surface area contributed by atoms with E-state index < -0.39 is 0 Å². The van der Waals surface area contributed by atoms with Gasteiger partial charge in [-0.25, -0.2) is 4.98 Å². The minimum Gasteiger partial charge on any atom is -0.361 e. The van der Waals surface area contributed by atoms with Gasteiger partial charge in [0.25, 0.3) is 5.91 Å². The predicted octanol–water partition coefficient (Wildman–Crippen LogP) is 4.05. The molecule has 152 valence electrons. The average molecular weight is 403 g/mol. The van der Waals surface area contributed by atoms with Crippen LogP contribution in [0.3, 0.4) is 0 Å². The van der Waals surface area contributed by atoms with Gasteiger partial charge in [0, 0.05) is 30.6 Å². The number of hydrogen-bond acceptors (Lipinski definition) is 6. The number of hydrogen-bond donors (Lipinski definition) is 1. The molecule has 1 aliphatic heterocycles. The van der Waals surface area contributed by atoms with Crippen LogP contribution in [-0.2, 0) is 5.75 Å². The number of aromatic nitrogens is 2. The van der Waals surface area contributed by atoms with Crippen LogP contribution in [0.2, 0.25) is 0 Å². The summed E-state index contributed by atoms with van der Waals surface area (Å²) in [6.07, 6.45) is 7.81. The maximum atomic E-state index is 12.6. The van der Waals surface area contributed by atoms with Crippen LogP contribution in [-0.4, -0.2) is 46.6 Å². The minimum absolute atomic E-state index is 0.0572. The molecule has 7 heteroatoms. The molecule has 28 heavy (non-hydrogen) atoms. The molecule has 0 unspecified atom stereocenters. The number of likely N-dealkylation sites (tertiary alicyclic amines) is 1. The number of aryl methyl sites for hydroxylation is 1. The zero-order chi connectivity index (χ0) is 19.8. The van der Waals surface area contributed by atoms with Gasteiger partial charge < -0.3 is 14.7 Å². The van der Waals surface area contributed by atoms with E-state index >= 15 is 0 Å². The van der Waals surface area contributed by atoms with Crippen molar-refractivity contribution >= 4 is 17.7 Å². The molecule has 1 aliphatic rings. The quantitative estimate of drug-likeness (QED) is 0.504. The number of carbonyl (C=O) groups excluding carboxylic acids is 1. The molecule has 0 aliphatic carbocycles. The van der Waals surface area contributed by atoms with E-state index in [9.17, 15) is 4.79 Å². The summed E-state index contributed by atoms with van der Waals surface area (Å²) in [5.41, 5.74) is 1.48. The average Bonchev–Trinajstić information content (AvgIpc) is 3.13. The Labute approximate surface area is 171 Å². The Morgan fingerprint density at radius 3 is 3.07 bits per heavy atom. The number of pyridine rings is 1. The van der Waals surface area contributed by atoms with Gasteiger partial charge in [-0.05, 0) is 64.8 Å². The SMILES string of the molecule is Cc1cc(CSc2ncccc2C(=O)NCCCCN2CCCC[C@H]2C)no1. The van der Waals surface area contributed by atoms with E-state index in [1.165, 1.54) is 37.6 Å². The Morgan fingerprint density at radius 1 is 1.39 bits per heavy atom. The van der Waals surface area contributed by atoms with Crippen molar-refractivity contribution in [2.24, 2.45) is 0 Å². The number of thioether (sulfide) groups is 1. The first-order valence-corrected chi connectivity index (χ1v) is 11.1. The molecule has 3 heterocycles. The normalized spacial score (nSPS) is 17.6. The summed E-state index contributed by atoms with van der Waals surface area (Å²) >= 11 is 1.50. The smallest absolute Gasteiger partial charge is 0.254 e. The monoisotopic (exact) mass is 402 g/mol. The third kappa shape index (κ3) is 6.07. The molecule has 1 saturated heterocycles. The second-order valence-corrected chi connectivity index (χ2v) is 8.38. The Hall–Kier alpha value is -1.86. The molecule has 2 aromatic heterocycles. The molecule has 1 N–H and O–H groups in total. The third-order valence-electron chi connectivity index (χ3n) is 5.15. The van der Waals surface area contributed by atoms with E-state index in [1.54, 1.807) is 12.3 Å². The van der Waals surface area contributed by atoms with Gasteiger partial charge in [-0.3, -0.25) is 4.79 Å². The number of carbonyl (C=O) groups is 1. The van der Waals surface area contributed by atoms with Crippen LogP contribution < -0.4 is 5.32 Å². The zero-order valence-corrected chi connectivity index (χ0v) is 17.6. The van der Waals surface area contributed by atoms with Gasteiger partial charge in [-0.2, -0.15) is 0 Å². The summed E-state index contributed by atoms with van der Waals surface area (Å²) in [5.74, 6) is 1.36. The van der Waals surface area contributed by atoms with Crippen LogP contribution in [0.5, 0.6) is 0 Å². The molecule has 0 bridgehead atoms. The minimum atomic E-state index is -0.0572. The van der Waals surface area contributed by atoms with Crippen LogP contribution in [0.15, 0.2) is 33.9 Å². The molecule has 0 aromatic carbocycles. The largest absolute Gasteiger partial charge is 0.361 e. The molecule has 0 radical (unpaired) electrons. The molecular weight excluding hydrogens is 372 g/mol. The highest BCUT2D eigenvalue weighted by Crippen LogP contribution is 2.24. The maximum absolute atomic E-state index is 12.6. The second-order valence-electron chi connectivity index (χ2n) is 7.42. The number of amides is 1. The third-order valence-corrected chi connectivity index (χ3v) is 6.19. The fraction of sp³-hybridized carbons (Fsp3) is 0.571. The van der Waals surface area contributed by atoms with Gasteiger partial charge in [0.2, 0.25) is 0 Å². The van der Waals surface area contributed by atoms with E-state index in [0.29, 0.717) is 23.9 Å². The molecular formula is C21H30N4O2S. The Bertz CT molecular complexity index is 764. The number of unbranched alkanes of at least 4 members (excludes halogenated alkanes) is 1.